The Bertz CT molecular complexity index is 719. The summed E-state index contributed by atoms with van der Waals surface area (Å²) in [7, 11) is -0.873. The van der Waals surface area contributed by atoms with E-state index in [0.29, 0.717) is 11.4 Å². The standard InChI is InChI=1S/C13H13ClN2O3S/c1-16(11-5-3-4-6-12(11)19-2)20(17,18)13-9-15-8-7-10(13)14/h3-9H,1-2H3. The van der Waals surface area contributed by atoms with Gasteiger partial charge in [0.15, 0.2) is 0 Å². The first-order chi connectivity index (χ1) is 9.48. The van der Waals surface area contributed by atoms with Crippen molar-refractivity contribution in [3.05, 3.63) is 47.7 Å². The van der Waals surface area contributed by atoms with Crippen LogP contribution in [0, 0.1) is 0 Å². The summed E-state index contributed by atoms with van der Waals surface area (Å²) in [5, 5.41) is 0.127. The largest absolute Gasteiger partial charge is 0.495 e. The molecular weight excluding hydrogens is 300 g/mol. The summed E-state index contributed by atoms with van der Waals surface area (Å²) < 4.78 is 31.4. The second kappa shape index (κ2) is 5.68. The summed E-state index contributed by atoms with van der Waals surface area (Å²) in [6.07, 6.45) is 2.66. The number of hydrogen-bond donors (Lipinski definition) is 0. The number of para-hydroxylation sites is 2. The SMILES string of the molecule is COc1ccccc1N(C)S(=O)(=O)c1cnccc1Cl. The number of pyridine rings is 1. The van der Waals surface area contributed by atoms with Crippen LogP contribution in [-0.4, -0.2) is 27.6 Å². The van der Waals surface area contributed by atoms with Gasteiger partial charge in [0.25, 0.3) is 10.0 Å². The molecule has 0 spiro atoms. The number of halogens is 1. The average Bonchev–Trinajstić information content (AvgIpc) is 2.46. The van der Waals surface area contributed by atoms with Crippen LogP contribution in [0.1, 0.15) is 0 Å². The van der Waals surface area contributed by atoms with Gasteiger partial charge in [-0.1, -0.05) is 23.7 Å². The second-order valence-corrected chi connectivity index (χ2v) is 6.30. The third kappa shape index (κ3) is 2.57. The first-order valence-corrected chi connectivity index (χ1v) is 7.51. The quantitative estimate of drug-likeness (QED) is 0.870. The molecule has 0 radical (unpaired) electrons. The summed E-state index contributed by atoms with van der Waals surface area (Å²) in [6, 6.07) is 8.27. The molecule has 1 aromatic heterocycles. The van der Waals surface area contributed by atoms with E-state index in [9.17, 15) is 8.42 Å². The number of benzene rings is 1. The molecule has 20 heavy (non-hydrogen) atoms. The smallest absolute Gasteiger partial charge is 0.267 e. The Balaban J connectivity index is 2.52. The monoisotopic (exact) mass is 312 g/mol. The maximum atomic E-state index is 12.6. The van der Waals surface area contributed by atoms with Crippen LogP contribution in [0.5, 0.6) is 5.75 Å². The second-order valence-electron chi connectivity index (χ2n) is 3.95. The lowest BCUT2D eigenvalue weighted by Gasteiger charge is -2.21. The molecule has 0 N–H and O–H groups in total. The van der Waals surface area contributed by atoms with Gasteiger partial charge in [-0.15, -0.1) is 0 Å². The number of aromatic nitrogens is 1. The van der Waals surface area contributed by atoms with Gasteiger partial charge in [0.1, 0.15) is 10.6 Å². The van der Waals surface area contributed by atoms with Gasteiger partial charge in [-0.05, 0) is 18.2 Å². The molecule has 5 nitrogen and oxygen atoms in total. The summed E-state index contributed by atoms with van der Waals surface area (Å²) in [5.74, 6) is 0.457. The fraction of sp³-hybridized carbons (Fsp3) is 0.154. The Morgan fingerprint density at radius 2 is 1.95 bits per heavy atom. The van der Waals surface area contributed by atoms with E-state index >= 15 is 0 Å². The number of ether oxygens (including phenoxy) is 1. The fourth-order valence-corrected chi connectivity index (χ4v) is 3.33. The van der Waals surface area contributed by atoms with E-state index in [2.05, 4.69) is 4.98 Å². The highest BCUT2D eigenvalue weighted by atomic mass is 35.5. The molecule has 106 valence electrons. The van der Waals surface area contributed by atoms with Gasteiger partial charge in [-0.3, -0.25) is 9.29 Å². The van der Waals surface area contributed by atoms with E-state index in [1.165, 1.54) is 32.6 Å². The molecule has 0 aliphatic rings. The lowest BCUT2D eigenvalue weighted by molar-refractivity contribution is 0.416. The molecule has 1 heterocycles. The van der Waals surface area contributed by atoms with Gasteiger partial charge in [0.2, 0.25) is 0 Å². The van der Waals surface area contributed by atoms with Crippen LogP contribution in [0.2, 0.25) is 5.02 Å². The van der Waals surface area contributed by atoms with Crippen LogP contribution in [0.3, 0.4) is 0 Å². The normalized spacial score (nSPS) is 11.2. The molecule has 0 amide bonds. The molecule has 0 fully saturated rings. The van der Waals surface area contributed by atoms with E-state index in [1.54, 1.807) is 24.3 Å². The van der Waals surface area contributed by atoms with Gasteiger partial charge in [-0.2, -0.15) is 0 Å². The molecular formula is C13H13ClN2O3S. The van der Waals surface area contributed by atoms with Crippen molar-refractivity contribution in [2.24, 2.45) is 0 Å². The third-order valence-corrected chi connectivity index (χ3v) is 5.04. The number of anilines is 1. The van der Waals surface area contributed by atoms with Gasteiger partial charge < -0.3 is 4.74 Å². The van der Waals surface area contributed by atoms with Gasteiger partial charge in [0, 0.05) is 19.4 Å². The maximum Gasteiger partial charge on any atom is 0.267 e. The topological polar surface area (TPSA) is 59.5 Å². The Morgan fingerprint density at radius 1 is 1.25 bits per heavy atom. The van der Waals surface area contributed by atoms with E-state index in [1.807, 2.05) is 0 Å². The molecule has 1 aromatic carbocycles. The van der Waals surface area contributed by atoms with Crippen LogP contribution in [0.15, 0.2) is 47.6 Å². The first kappa shape index (κ1) is 14.6. The van der Waals surface area contributed by atoms with E-state index < -0.39 is 10.0 Å². The minimum absolute atomic E-state index is 0.0462. The Kier molecular flexibility index (Phi) is 4.15. The van der Waals surface area contributed by atoms with Gasteiger partial charge in [-0.25, -0.2) is 8.42 Å². The molecule has 0 bridgehead atoms. The predicted molar refractivity (Wildman–Crippen MR) is 77.8 cm³/mol. The predicted octanol–water partition coefficient (Wildman–Crippen LogP) is 2.57. The minimum Gasteiger partial charge on any atom is -0.495 e. The van der Waals surface area contributed by atoms with Crippen molar-refractivity contribution in [3.8, 4) is 5.75 Å². The Hall–Kier alpha value is -1.79. The number of methoxy groups -OCH3 is 1. The number of hydrogen-bond acceptors (Lipinski definition) is 4. The Labute approximate surface area is 122 Å². The zero-order valence-corrected chi connectivity index (χ0v) is 12.5. The van der Waals surface area contributed by atoms with E-state index in [-0.39, 0.29) is 9.92 Å². The zero-order valence-electron chi connectivity index (χ0n) is 10.9. The van der Waals surface area contributed by atoms with Crippen LogP contribution >= 0.6 is 11.6 Å². The molecule has 2 rings (SSSR count). The summed E-state index contributed by atoms with van der Waals surface area (Å²) >= 11 is 5.94. The van der Waals surface area contributed by atoms with Gasteiger partial charge >= 0.3 is 0 Å². The number of nitrogens with zero attached hydrogens (tertiary/aromatic N) is 2. The maximum absolute atomic E-state index is 12.6. The molecule has 0 aliphatic heterocycles. The van der Waals surface area contributed by atoms with Crippen LogP contribution in [-0.2, 0) is 10.0 Å². The molecule has 0 unspecified atom stereocenters. The number of sulfonamides is 1. The molecule has 0 saturated heterocycles. The molecule has 2 aromatic rings. The van der Waals surface area contributed by atoms with Gasteiger partial charge in [0.05, 0.1) is 17.8 Å². The molecule has 0 aliphatic carbocycles. The lowest BCUT2D eigenvalue weighted by Crippen LogP contribution is -2.27. The van der Waals surface area contributed by atoms with E-state index in [4.69, 9.17) is 16.3 Å². The highest BCUT2D eigenvalue weighted by Crippen LogP contribution is 2.32. The fourth-order valence-electron chi connectivity index (χ4n) is 1.72. The van der Waals surface area contributed by atoms with Crippen molar-refractivity contribution < 1.29 is 13.2 Å². The van der Waals surface area contributed by atoms with Crippen molar-refractivity contribution in [1.82, 2.24) is 4.98 Å². The summed E-state index contributed by atoms with van der Waals surface area (Å²) in [5.41, 5.74) is 0.426. The summed E-state index contributed by atoms with van der Waals surface area (Å²) in [4.78, 5) is 3.76. The minimum atomic E-state index is -3.80. The van der Waals surface area contributed by atoms with Crippen molar-refractivity contribution in [3.63, 3.8) is 0 Å². The molecule has 7 heteroatoms. The molecule has 0 atom stereocenters. The van der Waals surface area contributed by atoms with Crippen LogP contribution in [0.4, 0.5) is 5.69 Å². The average molecular weight is 313 g/mol. The Morgan fingerprint density at radius 3 is 2.60 bits per heavy atom. The van der Waals surface area contributed by atoms with Crippen molar-refractivity contribution in [2.75, 3.05) is 18.5 Å². The third-order valence-electron chi connectivity index (χ3n) is 2.80. The van der Waals surface area contributed by atoms with Crippen LogP contribution < -0.4 is 9.04 Å². The van der Waals surface area contributed by atoms with Crippen molar-refractivity contribution >= 4 is 27.3 Å². The van der Waals surface area contributed by atoms with Crippen molar-refractivity contribution in [1.29, 1.82) is 0 Å². The highest BCUT2D eigenvalue weighted by Gasteiger charge is 2.26. The molecule has 0 saturated carbocycles. The van der Waals surface area contributed by atoms with Crippen LogP contribution in [0.25, 0.3) is 0 Å². The number of rotatable bonds is 4. The first-order valence-electron chi connectivity index (χ1n) is 5.70. The highest BCUT2D eigenvalue weighted by molar-refractivity contribution is 7.93. The van der Waals surface area contributed by atoms with E-state index in [0.717, 1.165) is 4.31 Å². The van der Waals surface area contributed by atoms with Crippen molar-refractivity contribution in [2.45, 2.75) is 4.90 Å². The lowest BCUT2D eigenvalue weighted by atomic mass is 10.3. The zero-order chi connectivity index (χ0) is 14.8. The summed E-state index contributed by atoms with van der Waals surface area (Å²) in [6.45, 7) is 0.